The highest BCUT2D eigenvalue weighted by Crippen LogP contribution is 2.27. The molecule has 4 nitrogen and oxygen atoms in total. The van der Waals surface area contributed by atoms with E-state index in [1.807, 2.05) is 0 Å². The molecular weight excluding hydrogens is 314 g/mol. The third-order valence-corrected chi connectivity index (χ3v) is 3.44. The molecule has 0 aliphatic rings. The van der Waals surface area contributed by atoms with Crippen LogP contribution in [0.2, 0.25) is 0 Å². The van der Waals surface area contributed by atoms with Crippen molar-refractivity contribution in [3.8, 4) is 0 Å². The number of sulfonamides is 1. The van der Waals surface area contributed by atoms with Crippen molar-refractivity contribution < 1.29 is 12.8 Å². The minimum absolute atomic E-state index is 0.294. The van der Waals surface area contributed by atoms with E-state index in [1.54, 1.807) is 6.07 Å². The van der Waals surface area contributed by atoms with E-state index in [-0.39, 0.29) is 5.75 Å². The van der Waals surface area contributed by atoms with Crippen molar-refractivity contribution in [1.29, 1.82) is 0 Å². The highest BCUT2D eigenvalue weighted by molar-refractivity contribution is 9.13. The molecule has 0 atom stereocenters. The Labute approximate surface area is 86.4 Å². The van der Waals surface area contributed by atoms with Crippen molar-refractivity contribution in [2.45, 2.75) is 5.75 Å². The minimum atomic E-state index is -3.52. The summed E-state index contributed by atoms with van der Waals surface area (Å²) >= 11 is 6.22. The molecule has 0 aliphatic carbocycles. The van der Waals surface area contributed by atoms with Gasteiger partial charge in [-0.15, -0.1) is 0 Å². The Kier molecular flexibility index (Phi) is 2.97. The lowest BCUT2D eigenvalue weighted by Crippen LogP contribution is -2.13. The summed E-state index contributed by atoms with van der Waals surface area (Å²) < 4.78 is 27.3. The number of hydrogen-bond donors (Lipinski definition) is 1. The summed E-state index contributed by atoms with van der Waals surface area (Å²) in [6.07, 6.45) is 0. The molecule has 0 saturated carbocycles. The topological polar surface area (TPSA) is 73.3 Å². The fraction of sp³-hybridized carbons (Fsp3) is 0.200. The standard InChI is InChI=1S/C5H5Br2NO3S/c6-4-1-3(11-5(4)7)2-12(8,9)10/h1H,2H2,(H2,8,9,10). The van der Waals surface area contributed by atoms with Gasteiger partial charge in [-0.2, -0.15) is 0 Å². The highest BCUT2D eigenvalue weighted by Gasteiger charge is 2.11. The van der Waals surface area contributed by atoms with Gasteiger partial charge in [0.05, 0.1) is 4.47 Å². The van der Waals surface area contributed by atoms with Gasteiger partial charge in [0.1, 0.15) is 11.5 Å². The predicted molar refractivity (Wildman–Crippen MR) is 50.9 cm³/mol. The van der Waals surface area contributed by atoms with Crippen LogP contribution in [0.15, 0.2) is 19.6 Å². The quantitative estimate of drug-likeness (QED) is 0.900. The van der Waals surface area contributed by atoms with E-state index in [0.29, 0.717) is 14.9 Å². The normalized spacial score (nSPS) is 11.9. The molecule has 0 radical (unpaired) electrons. The first-order valence-electron chi connectivity index (χ1n) is 2.82. The first-order valence-corrected chi connectivity index (χ1v) is 6.13. The van der Waals surface area contributed by atoms with E-state index in [9.17, 15) is 8.42 Å². The van der Waals surface area contributed by atoms with Crippen molar-refractivity contribution in [1.82, 2.24) is 0 Å². The molecule has 1 heterocycles. The second-order valence-electron chi connectivity index (χ2n) is 2.14. The van der Waals surface area contributed by atoms with Crippen LogP contribution in [0.4, 0.5) is 0 Å². The molecule has 0 aromatic carbocycles. The van der Waals surface area contributed by atoms with E-state index in [4.69, 9.17) is 9.56 Å². The summed E-state index contributed by atoms with van der Waals surface area (Å²) in [5.74, 6) is 0.00764. The van der Waals surface area contributed by atoms with Crippen LogP contribution in [0.25, 0.3) is 0 Å². The summed E-state index contributed by atoms with van der Waals surface area (Å²) in [5, 5.41) is 4.81. The zero-order valence-corrected chi connectivity index (χ0v) is 9.74. The van der Waals surface area contributed by atoms with Gasteiger partial charge >= 0.3 is 0 Å². The van der Waals surface area contributed by atoms with Gasteiger partial charge in [-0.05, 0) is 37.9 Å². The Morgan fingerprint density at radius 2 is 2.08 bits per heavy atom. The molecule has 1 rings (SSSR count). The molecule has 68 valence electrons. The second kappa shape index (κ2) is 3.49. The molecule has 7 heteroatoms. The zero-order valence-electron chi connectivity index (χ0n) is 5.75. The fourth-order valence-electron chi connectivity index (χ4n) is 0.661. The van der Waals surface area contributed by atoms with Crippen molar-refractivity contribution in [3.05, 3.63) is 21.0 Å². The molecule has 12 heavy (non-hydrogen) atoms. The van der Waals surface area contributed by atoms with Crippen LogP contribution in [-0.2, 0) is 15.8 Å². The van der Waals surface area contributed by atoms with Gasteiger partial charge in [0.2, 0.25) is 10.0 Å². The average Bonchev–Trinajstić information content (AvgIpc) is 2.07. The minimum Gasteiger partial charge on any atom is -0.452 e. The van der Waals surface area contributed by atoms with Crippen molar-refractivity contribution in [2.75, 3.05) is 0 Å². The third kappa shape index (κ3) is 2.89. The monoisotopic (exact) mass is 317 g/mol. The number of furan rings is 1. The van der Waals surface area contributed by atoms with E-state index < -0.39 is 10.0 Å². The third-order valence-electron chi connectivity index (χ3n) is 1.04. The number of nitrogens with two attached hydrogens (primary N) is 1. The number of primary sulfonamides is 1. The largest absolute Gasteiger partial charge is 0.452 e. The van der Waals surface area contributed by atoms with Crippen LogP contribution in [-0.4, -0.2) is 8.42 Å². The summed E-state index contributed by atoms with van der Waals surface area (Å²) in [6.45, 7) is 0. The average molecular weight is 319 g/mol. The van der Waals surface area contributed by atoms with Gasteiger partial charge in [-0.3, -0.25) is 0 Å². The van der Waals surface area contributed by atoms with Crippen molar-refractivity contribution >= 4 is 41.9 Å². The van der Waals surface area contributed by atoms with E-state index >= 15 is 0 Å². The van der Waals surface area contributed by atoms with Crippen LogP contribution in [0, 0.1) is 0 Å². The highest BCUT2D eigenvalue weighted by atomic mass is 79.9. The number of rotatable bonds is 2. The van der Waals surface area contributed by atoms with Gasteiger partial charge in [-0.25, -0.2) is 13.6 Å². The Hall–Kier alpha value is 0.150. The molecule has 2 N–H and O–H groups in total. The lowest BCUT2D eigenvalue weighted by Gasteiger charge is -1.91. The molecule has 0 unspecified atom stereocenters. The van der Waals surface area contributed by atoms with Crippen LogP contribution in [0.3, 0.4) is 0 Å². The maximum atomic E-state index is 10.6. The summed E-state index contributed by atoms with van der Waals surface area (Å²) in [5.41, 5.74) is 0. The fourth-order valence-corrected chi connectivity index (χ4v) is 1.86. The molecule has 0 aliphatic heterocycles. The molecule has 0 spiro atoms. The molecule has 1 aromatic heterocycles. The Balaban J connectivity index is 2.92. The maximum absolute atomic E-state index is 10.6. The lowest BCUT2D eigenvalue weighted by atomic mass is 10.5. The van der Waals surface area contributed by atoms with Gasteiger partial charge in [0, 0.05) is 0 Å². The van der Waals surface area contributed by atoms with E-state index in [0.717, 1.165) is 0 Å². The Bertz CT molecular complexity index is 364. The molecule has 0 fully saturated rings. The first-order chi connectivity index (χ1) is 5.38. The van der Waals surface area contributed by atoms with E-state index in [1.165, 1.54) is 0 Å². The van der Waals surface area contributed by atoms with E-state index in [2.05, 4.69) is 31.9 Å². The lowest BCUT2D eigenvalue weighted by molar-refractivity contribution is 0.498. The Morgan fingerprint density at radius 1 is 1.50 bits per heavy atom. The molecule has 0 amide bonds. The number of hydrogen-bond acceptors (Lipinski definition) is 3. The Morgan fingerprint density at radius 3 is 2.42 bits per heavy atom. The smallest absolute Gasteiger partial charge is 0.216 e. The van der Waals surface area contributed by atoms with Crippen molar-refractivity contribution in [3.63, 3.8) is 0 Å². The molecule has 0 saturated heterocycles. The molecule has 0 bridgehead atoms. The predicted octanol–water partition coefficient (Wildman–Crippen LogP) is 1.59. The van der Waals surface area contributed by atoms with Gasteiger partial charge in [0.25, 0.3) is 0 Å². The van der Waals surface area contributed by atoms with Gasteiger partial charge in [0.15, 0.2) is 4.67 Å². The van der Waals surface area contributed by atoms with Crippen LogP contribution >= 0.6 is 31.9 Å². The molecular formula is C5H5Br2NO3S. The number of halogens is 2. The maximum Gasteiger partial charge on any atom is 0.216 e. The van der Waals surface area contributed by atoms with Gasteiger partial charge in [-0.1, -0.05) is 0 Å². The summed E-state index contributed by atoms with van der Waals surface area (Å²) in [7, 11) is -3.52. The first kappa shape index (κ1) is 10.2. The van der Waals surface area contributed by atoms with Gasteiger partial charge < -0.3 is 4.42 Å². The SMILES string of the molecule is NS(=O)(=O)Cc1cc(Br)c(Br)o1. The van der Waals surface area contributed by atoms with Crippen LogP contribution in [0.1, 0.15) is 5.76 Å². The van der Waals surface area contributed by atoms with Crippen LogP contribution < -0.4 is 5.14 Å². The zero-order chi connectivity index (χ0) is 9.35. The summed E-state index contributed by atoms with van der Waals surface area (Å²) in [6, 6.07) is 1.55. The molecule has 1 aromatic rings. The van der Waals surface area contributed by atoms with Crippen molar-refractivity contribution in [2.24, 2.45) is 5.14 Å². The second-order valence-corrected chi connectivity index (χ2v) is 5.33. The van der Waals surface area contributed by atoms with Crippen LogP contribution in [0.5, 0.6) is 0 Å². The summed E-state index contributed by atoms with van der Waals surface area (Å²) in [4.78, 5) is 0.